The second-order valence-electron chi connectivity index (χ2n) is 6.03. The van der Waals surface area contributed by atoms with Gasteiger partial charge < -0.3 is 20.7 Å². The molecule has 0 saturated carbocycles. The first-order valence-electron chi connectivity index (χ1n) is 8.36. The SMILES string of the molecule is CCOc1ccc(Nc2cc(C)nc(NC(=S)NCC(C)C)n2)cc1. The van der Waals surface area contributed by atoms with Gasteiger partial charge in [-0.25, -0.2) is 4.98 Å². The Morgan fingerprint density at radius 1 is 1.20 bits per heavy atom. The summed E-state index contributed by atoms with van der Waals surface area (Å²) in [6.45, 7) is 9.58. The number of anilines is 3. The molecule has 134 valence electrons. The number of rotatable bonds is 7. The van der Waals surface area contributed by atoms with Crippen LogP contribution in [0.3, 0.4) is 0 Å². The smallest absolute Gasteiger partial charge is 0.231 e. The molecule has 1 aromatic carbocycles. The molecule has 0 saturated heterocycles. The second kappa shape index (κ2) is 9.17. The zero-order valence-electron chi connectivity index (χ0n) is 15.1. The molecule has 1 aromatic heterocycles. The Labute approximate surface area is 154 Å². The lowest BCUT2D eigenvalue weighted by molar-refractivity contribution is 0.340. The van der Waals surface area contributed by atoms with E-state index in [0.29, 0.717) is 29.4 Å². The number of nitrogens with zero attached hydrogens (tertiary/aromatic N) is 2. The van der Waals surface area contributed by atoms with Crippen LogP contribution in [0.2, 0.25) is 0 Å². The molecule has 0 radical (unpaired) electrons. The Hall–Kier alpha value is -2.41. The van der Waals surface area contributed by atoms with Crippen molar-refractivity contribution in [1.29, 1.82) is 0 Å². The highest BCUT2D eigenvalue weighted by Gasteiger charge is 2.06. The van der Waals surface area contributed by atoms with Crippen LogP contribution in [0, 0.1) is 12.8 Å². The highest BCUT2D eigenvalue weighted by Crippen LogP contribution is 2.20. The number of benzene rings is 1. The number of hydrogen-bond donors (Lipinski definition) is 3. The maximum atomic E-state index is 5.45. The minimum Gasteiger partial charge on any atom is -0.494 e. The van der Waals surface area contributed by atoms with Crippen LogP contribution < -0.4 is 20.7 Å². The summed E-state index contributed by atoms with van der Waals surface area (Å²) in [6.07, 6.45) is 0. The summed E-state index contributed by atoms with van der Waals surface area (Å²) >= 11 is 5.27. The molecule has 25 heavy (non-hydrogen) atoms. The molecule has 0 aliphatic carbocycles. The highest BCUT2D eigenvalue weighted by atomic mass is 32.1. The summed E-state index contributed by atoms with van der Waals surface area (Å²) < 4.78 is 5.45. The molecule has 3 N–H and O–H groups in total. The third kappa shape index (κ3) is 6.54. The summed E-state index contributed by atoms with van der Waals surface area (Å²) in [4.78, 5) is 8.83. The van der Waals surface area contributed by atoms with Gasteiger partial charge in [0.25, 0.3) is 0 Å². The fourth-order valence-electron chi connectivity index (χ4n) is 2.08. The van der Waals surface area contributed by atoms with Gasteiger partial charge in [0.1, 0.15) is 11.6 Å². The molecule has 7 heteroatoms. The van der Waals surface area contributed by atoms with Gasteiger partial charge in [-0.05, 0) is 56.2 Å². The average molecular weight is 359 g/mol. The molecule has 0 spiro atoms. The van der Waals surface area contributed by atoms with E-state index in [1.165, 1.54) is 0 Å². The Kier molecular flexibility index (Phi) is 6.94. The van der Waals surface area contributed by atoms with Gasteiger partial charge in [0, 0.05) is 24.0 Å². The van der Waals surface area contributed by atoms with Gasteiger partial charge in [0.05, 0.1) is 6.61 Å². The van der Waals surface area contributed by atoms with E-state index < -0.39 is 0 Å². The lowest BCUT2D eigenvalue weighted by atomic mass is 10.2. The normalized spacial score (nSPS) is 10.4. The van der Waals surface area contributed by atoms with Crippen molar-refractivity contribution < 1.29 is 4.74 Å². The molecule has 0 fully saturated rings. The maximum absolute atomic E-state index is 5.45. The lowest BCUT2D eigenvalue weighted by Crippen LogP contribution is -2.32. The fraction of sp³-hybridized carbons (Fsp3) is 0.389. The first kappa shape index (κ1) is 18.9. The fourth-order valence-corrected chi connectivity index (χ4v) is 2.25. The predicted molar refractivity (Wildman–Crippen MR) is 107 cm³/mol. The molecule has 0 aliphatic rings. The van der Waals surface area contributed by atoms with E-state index >= 15 is 0 Å². The van der Waals surface area contributed by atoms with Crippen molar-refractivity contribution in [1.82, 2.24) is 15.3 Å². The van der Waals surface area contributed by atoms with Gasteiger partial charge in [0.15, 0.2) is 5.11 Å². The van der Waals surface area contributed by atoms with Crippen molar-refractivity contribution in [2.24, 2.45) is 5.92 Å². The zero-order valence-corrected chi connectivity index (χ0v) is 15.9. The Balaban J connectivity index is 2.03. The number of hydrogen-bond acceptors (Lipinski definition) is 5. The monoisotopic (exact) mass is 359 g/mol. The summed E-state index contributed by atoms with van der Waals surface area (Å²) in [5.74, 6) is 2.52. The molecule has 0 amide bonds. The summed E-state index contributed by atoms with van der Waals surface area (Å²) in [5.41, 5.74) is 1.77. The van der Waals surface area contributed by atoms with E-state index in [1.54, 1.807) is 0 Å². The summed E-state index contributed by atoms with van der Waals surface area (Å²) in [6, 6.07) is 9.62. The molecule has 2 rings (SSSR count). The highest BCUT2D eigenvalue weighted by molar-refractivity contribution is 7.80. The topological polar surface area (TPSA) is 71.1 Å². The molecule has 0 atom stereocenters. The Bertz CT molecular complexity index is 703. The number of aryl methyl sites for hydroxylation is 1. The van der Waals surface area contributed by atoms with Gasteiger partial charge in [-0.3, -0.25) is 0 Å². The third-order valence-corrected chi connectivity index (χ3v) is 3.43. The molecular weight excluding hydrogens is 334 g/mol. The van der Waals surface area contributed by atoms with Gasteiger partial charge >= 0.3 is 0 Å². The van der Waals surface area contributed by atoms with E-state index in [-0.39, 0.29) is 0 Å². The second-order valence-corrected chi connectivity index (χ2v) is 6.44. The van der Waals surface area contributed by atoms with Gasteiger partial charge in [0.2, 0.25) is 5.95 Å². The molecular formula is C18H25N5OS. The summed E-state index contributed by atoms with van der Waals surface area (Å²) in [5, 5.41) is 9.96. The van der Waals surface area contributed by atoms with Crippen LogP contribution in [0.15, 0.2) is 30.3 Å². The van der Waals surface area contributed by atoms with Crippen LogP contribution >= 0.6 is 12.2 Å². The van der Waals surface area contributed by atoms with Crippen molar-refractivity contribution in [3.8, 4) is 5.75 Å². The van der Waals surface area contributed by atoms with Crippen LogP contribution in [0.4, 0.5) is 17.5 Å². The van der Waals surface area contributed by atoms with Crippen LogP contribution in [-0.2, 0) is 0 Å². The lowest BCUT2D eigenvalue weighted by Gasteiger charge is -2.13. The minimum atomic E-state index is 0.467. The van der Waals surface area contributed by atoms with Gasteiger partial charge in [-0.2, -0.15) is 4.98 Å². The Morgan fingerprint density at radius 2 is 1.92 bits per heavy atom. The van der Waals surface area contributed by atoms with E-state index in [0.717, 1.165) is 23.7 Å². The van der Waals surface area contributed by atoms with Crippen molar-refractivity contribution in [3.05, 3.63) is 36.0 Å². The molecule has 2 aromatic rings. The molecule has 0 aliphatic heterocycles. The molecule has 1 heterocycles. The number of aromatic nitrogens is 2. The maximum Gasteiger partial charge on any atom is 0.231 e. The Morgan fingerprint density at radius 3 is 2.56 bits per heavy atom. The van der Waals surface area contributed by atoms with Crippen LogP contribution in [0.25, 0.3) is 0 Å². The number of ether oxygens (including phenoxy) is 1. The quantitative estimate of drug-likeness (QED) is 0.648. The van der Waals surface area contributed by atoms with Crippen molar-refractivity contribution in [2.45, 2.75) is 27.7 Å². The minimum absolute atomic E-state index is 0.467. The standard InChI is InChI=1S/C18H25N5OS/c1-5-24-15-8-6-14(7-9-15)21-16-10-13(4)20-17(22-16)23-18(25)19-11-12(2)3/h6-10,12H,5,11H2,1-4H3,(H3,19,20,21,22,23,25). The van der Waals surface area contributed by atoms with Crippen molar-refractivity contribution >= 4 is 34.8 Å². The van der Waals surface area contributed by atoms with Crippen molar-refractivity contribution in [2.75, 3.05) is 23.8 Å². The van der Waals surface area contributed by atoms with Crippen molar-refractivity contribution in [3.63, 3.8) is 0 Å². The van der Waals surface area contributed by atoms with E-state index in [2.05, 4.69) is 39.8 Å². The molecule has 6 nitrogen and oxygen atoms in total. The third-order valence-electron chi connectivity index (χ3n) is 3.19. The predicted octanol–water partition coefficient (Wildman–Crippen LogP) is 3.87. The van der Waals surface area contributed by atoms with E-state index in [4.69, 9.17) is 17.0 Å². The van der Waals surface area contributed by atoms with Gasteiger partial charge in [-0.1, -0.05) is 13.8 Å². The van der Waals surface area contributed by atoms with Crippen LogP contribution in [-0.4, -0.2) is 28.2 Å². The van der Waals surface area contributed by atoms with Gasteiger partial charge in [-0.15, -0.1) is 0 Å². The number of thiocarbonyl (C=S) groups is 1. The number of nitrogens with one attached hydrogen (secondary N) is 3. The van der Waals surface area contributed by atoms with Crippen LogP contribution in [0.1, 0.15) is 26.5 Å². The largest absolute Gasteiger partial charge is 0.494 e. The first-order valence-corrected chi connectivity index (χ1v) is 8.77. The van der Waals surface area contributed by atoms with E-state index in [9.17, 15) is 0 Å². The molecule has 0 unspecified atom stereocenters. The van der Waals surface area contributed by atoms with Crippen LogP contribution in [0.5, 0.6) is 5.75 Å². The first-order chi connectivity index (χ1) is 12.0. The average Bonchev–Trinajstić information content (AvgIpc) is 2.54. The van der Waals surface area contributed by atoms with E-state index in [1.807, 2.05) is 44.2 Å². The molecule has 0 bridgehead atoms. The zero-order chi connectivity index (χ0) is 18.2. The summed E-state index contributed by atoms with van der Waals surface area (Å²) in [7, 11) is 0.